The molecule has 0 aliphatic heterocycles. The summed E-state index contributed by atoms with van der Waals surface area (Å²) in [7, 11) is 1.45. The SMILES string of the molecule is COC(C)(C)O[C@H](C(=O)O)c1ccccc1Cl. The van der Waals surface area contributed by atoms with Crippen LogP contribution in [0.4, 0.5) is 0 Å². The van der Waals surface area contributed by atoms with Crippen molar-refractivity contribution in [3.8, 4) is 0 Å². The van der Waals surface area contributed by atoms with Crippen molar-refractivity contribution >= 4 is 17.6 Å². The molecule has 5 heteroatoms. The Morgan fingerprint density at radius 2 is 2.00 bits per heavy atom. The van der Waals surface area contributed by atoms with Crippen LogP contribution in [0.25, 0.3) is 0 Å². The normalized spacial score (nSPS) is 13.4. The van der Waals surface area contributed by atoms with Gasteiger partial charge in [0.05, 0.1) is 0 Å². The number of methoxy groups -OCH3 is 1. The molecule has 94 valence electrons. The number of hydrogen-bond acceptors (Lipinski definition) is 3. The van der Waals surface area contributed by atoms with Crippen LogP contribution in [0.2, 0.25) is 5.02 Å². The average molecular weight is 259 g/mol. The van der Waals surface area contributed by atoms with E-state index in [4.69, 9.17) is 21.1 Å². The third-order valence-electron chi connectivity index (χ3n) is 2.31. The largest absolute Gasteiger partial charge is 0.479 e. The summed E-state index contributed by atoms with van der Waals surface area (Å²) in [6, 6.07) is 6.68. The van der Waals surface area contributed by atoms with Gasteiger partial charge in [0.25, 0.3) is 0 Å². The molecule has 4 nitrogen and oxygen atoms in total. The van der Waals surface area contributed by atoms with Crippen molar-refractivity contribution < 1.29 is 19.4 Å². The van der Waals surface area contributed by atoms with E-state index in [2.05, 4.69) is 0 Å². The van der Waals surface area contributed by atoms with Crippen molar-refractivity contribution in [3.63, 3.8) is 0 Å². The van der Waals surface area contributed by atoms with Gasteiger partial charge in [-0.1, -0.05) is 29.8 Å². The molecule has 0 spiro atoms. The van der Waals surface area contributed by atoms with Gasteiger partial charge in [-0.25, -0.2) is 4.79 Å². The summed E-state index contributed by atoms with van der Waals surface area (Å²) in [5.74, 6) is -2.11. The first-order valence-electron chi connectivity index (χ1n) is 5.07. The first kappa shape index (κ1) is 14.0. The van der Waals surface area contributed by atoms with Gasteiger partial charge in [0.2, 0.25) is 0 Å². The van der Waals surface area contributed by atoms with Crippen LogP contribution in [0.5, 0.6) is 0 Å². The second-order valence-corrected chi connectivity index (χ2v) is 4.37. The van der Waals surface area contributed by atoms with Crippen molar-refractivity contribution in [2.75, 3.05) is 7.11 Å². The molecule has 0 saturated carbocycles. The van der Waals surface area contributed by atoms with Crippen LogP contribution < -0.4 is 0 Å². The zero-order valence-electron chi connectivity index (χ0n) is 9.94. The van der Waals surface area contributed by atoms with Gasteiger partial charge in [-0.2, -0.15) is 0 Å². The third-order valence-corrected chi connectivity index (χ3v) is 2.65. The Bertz CT molecular complexity index is 403. The maximum absolute atomic E-state index is 11.2. The van der Waals surface area contributed by atoms with Crippen molar-refractivity contribution in [1.82, 2.24) is 0 Å². The molecule has 0 saturated heterocycles. The van der Waals surface area contributed by atoms with Crippen molar-refractivity contribution in [1.29, 1.82) is 0 Å². The van der Waals surface area contributed by atoms with Crippen LogP contribution in [0.1, 0.15) is 25.5 Å². The van der Waals surface area contributed by atoms with Crippen molar-refractivity contribution in [3.05, 3.63) is 34.9 Å². The van der Waals surface area contributed by atoms with E-state index in [0.717, 1.165) is 0 Å². The van der Waals surface area contributed by atoms with Crippen LogP contribution in [-0.4, -0.2) is 24.0 Å². The minimum absolute atomic E-state index is 0.354. The lowest BCUT2D eigenvalue weighted by molar-refractivity contribution is -0.230. The molecule has 17 heavy (non-hydrogen) atoms. The van der Waals surface area contributed by atoms with Crippen LogP contribution in [0.3, 0.4) is 0 Å². The van der Waals surface area contributed by atoms with E-state index in [1.807, 2.05) is 0 Å². The molecule has 0 heterocycles. The Hall–Kier alpha value is -1.10. The average Bonchev–Trinajstić information content (AvgIpc) is 2.27. The highest BCUT2D eigenvalue weighted by molar-refractivity contribution is 6.31. The highest BCUT2D eigenvalue weighted by Crippen LogP contribution is 2.29. The fourth-order valence-electron chi connectivity index (χ4n) is 1.27. The number of carboxylic acids is 1. The molecular weight excluding hydrogens is 244 g/mol. The molecule has 0 radical (unpaired) electrons. The van der Waals surface area contributed by atoms with E-state index in [1.54, 1.807) is 38.1 Å². The van der Waals surface area contributed by atoms with Gasteiger partial charge in [-0.3, -0.25) is 0 Å². The monoisotopic (exact) mass is 258 g/mol. The van der Waals surface area contributed by atoms with Gasteiger partial charge in [0, 0.05) is 17.7 Å². The maximum atomic E-state index is 11.2. The number of ether oxygens (including phenoxy) is 2. The summed E-state index contributed by atoms with van der Waals surface area (Å²) in [5.41, 5.74) is 0.409. The van der Waals surface area contributed by atoms with E-state index in [9.17, 15) is 9.90 Å². The minimum Gasteiger partial charge on any atom is -0.479 e. The predicted molar refractivity (Wildman–Crippen MR) is 64.0 cm³/mol. The van der Waals surface area contributed by atoms with E-state index < -0.39 is 17.9 Å². The summed E-state index contributed by atoms with van der Waals surface area (Å²) < 4.78 is 10.5. The first-order chi connectivity index (χ1) is 7.87. The Morgan fingerprint density at radius 3 is 2.47 bits per heavy atom. The first-order valence-corrected chi connectivity index (χ1v) is 5.45. The van der Waals surface area contributed by atoms with Gasteiger partial charge >= 0.3 is 5.97 Å². The Kier molecular flexibility index (Phi) is 4.51. The van der Waals surface area contributed by atoms with E-state index >= 15 is 0 Å². The van der Waals surface area contributed by atoms with E-state index in [0.29, 0.717) is 10.6 Å². The van der Waals surface area contributed by atoms with Gasteiger partial charge < -0.3 is 14.6 Å². The lowest BCUT2D eigenvalue weighted by Crippen LogP contribution is -2.32. The fourth-order valence-corrected chi connectivity index (χ4v) is 1.50. The number of hydrogen-bond donors (Lipinski definition) is 1. The summed E-state index contributed by atoms with van der Waals surface area (Å²) in [4.78, 5) is 11.2. The van der Waals surface area contributed by atoms with Crippen LogP contribution in [-0.2, 0) is 14.3 Å². The predicted octanol–water partition coefficient (Wildman–Crippen LogP) is 2.86. The number of benzene rings is 1. The van der Waals surface area contributed by atoms with Crippen LogP contribution in [0.15, 0.2) is 24.3 Å². The lowest BCUT2D eigenvalue weighted by atomic mass is 10.1. The Balaban J connectivity index is 3.03. The van der Waals surface area contributed by atoms with E-state index in [1.165, 1.54) is 7.11 Å². The molecule has 0 bridgehead atoms. The summed E-state index contributed by atoms with van der Waals surface area (Å²) >= 11 is 5.95. The molecule has 1 atom stereocenters. The van der Waals surface area contributed by atoms with Crippen molar-refractivity contribution in [2.45, 2.75) is 25.7 Å². The van der Waals surface area contributed by atoms with Gasteiger partial charge in [0.1, 0.15) is 0 Å². The molecule has 0 unspecified atom stereocenters. The molecule has 0 aliphatic carbocycles. The molecule has 1 aromatic rings. The van der Waals surface area contributed by atoms with Gasteiger partial charge in [-0.05, 0) is 19.9 Å². The smallest absolute Gasteiger partial charge is 0.337 e. The third kappa shape index (κ3) is 3.70. The van der Waals surface area contributed by atoms with Gasteiger partial charge in [-0.15, -0.1) is 0 Å². The molecular formula is C12H15ClO4. The summed E-state index contributed by atoms with van der Waals surface area (Å²) in [6.07, 6.45) is -1.15. The summed E-state index contributed by atoms with van der Waals surface area (Å²) in [6.45, 7) is 3.28. The molecule has 0 amide bonds. The Morgan fingerprint density at radius 1 is 1.41 bits per heavy atom. The Labute approximate surface area is 105 Å². The fraction of sp³-hybridized carbons (Fsp3) is 0.417. The zero-order chi connectivity index (χ0) is 13.1. The quantitative estimate of drug-likeness (QED) is 0.825. The molecule has 1 N–H and O–H groups in total. The molecule has 1 rings (SSSR count). The minimum atomic E-state index is -1.15. The van der Waals surface area contributed by atoms with E-state index in [-0.39, 0.29) is 0 Å². The number of aliphatic carboxylic acids is 1. The topological polar surface area (TPSA) is 55.8 Å². The zero-order valence-corrected chi connectivity index (χ0v) is 10.7. The van der Waals surface area contributed by atoms with Crippen LogP contribution >= 0.6 is 11.6 Å². The van der Waals surface area contributed by atoms with Crippen molar-refractivity contribution in [2.24, 2.45) is 0 Å². The highest BCUT2D eigenvalue weighted by atomic mass is 35.5. The number of carboxylic acid groups (broad SMARTS) is 1. The lowest BCUT2D eigenvalue weighted by Gasteiger charge is -2.27. The van der Waals surface area contributed by atoms with Crippen LogP contribution in [0, 0.1) is 0 Å². The molecule has 0 fully saturated rings. The second-order valence-electron chi connectivity index (χ2n) is 3.96. The molecule has 1 aromatic carbocycles. The molecule has 0 aliphatic rings. The summed E-state index contributed by atoms with van der Waals surface area (Å²) in [5, 5.41) is 9.52. The second kappa shape index (κ2) is 5.49. The standard InChI is InChI=1S/C12H15ClO4/c1-12(2,16-3)17-10(11(14)15)8-6-4-5-7-9(8)13/h4-7,10H,1-3H3,(H,14,15)/t10-/m0/s1. The number of halogens is 1. The maximum Gasteiger partial charge on any atom is 0.337 e. The molecule has 0 aromatic heterocycles. The van der Waals surface area contributed by atoms with Gasteiger partial charge in [0.15, 0.2) is 11.9 Å². The number of carbonyl (C=O) groups is 1. The number of rotatable bonds is 5. The highest BCUT2D eigenvalue weighted by Gasteiger charge is 2.30.